The van der Waals surface area contributed by atoms with E-state index >= 15 is 0 Å². The van der Waals surface area contributed by atoms with Crippen molar-refractivity contribution in [3.63, 3.8) is 0 Å². The second-order valence-electron chi connectivity index (χ2n) is 9.08. The number of carbonyl (C=O) groups is 3. The van der Waals surface area contributed by atoms with E-state index in [-0.39, 0.29) is 33.2 Å². The minimum atomic E-state index is -3.01. The van der Waals surface area contributed by atoms with E-state index in [1.807, 2.05) is 0 Å². The van der Waals surface area contributed by atoms with Crippen LogP contribution in [0.25, 0.3) is 0 Å². The summed E-state index contributed by atoms with van der Waals surface area (Å²) < 4.78 is 42.7. The average Bonchev–Trinajstić information content (AvgIpc) is 3.52. The monoisotopic (exact) mass is 520 g/mol. The molecule has 9 nitrogen and oxygen atoms in total. The normalized spacial score (nSPS) is 17.2. The number of aromatic nitrogens is 4. The van der Waals surface area contributed by atoms with Crippen LogP contribution in [0.4, 0.5) is 18.9 Å². The van der Waals surface area contributed by atoms with Crippen molar-refractivity contribution in [1.29, 1.82) is 0 Å². The number of carbonyl (C=O) groups excluding carboxylic acids is 3. The third-order valence-electron chi connectivity index (χ3n) is 6.64. The third-order valence-corrected chi connectivity index (χ3v) is 6.93. The molecule has 3 heterocycles. The van der Waals surface area contributed by atoms with Crippen molar-refractivity contribution < 1.29 is 27.6 Å². The maximum atomic E-state index is 13.8. The van der Waals surface area contributed by atoms with E-state index in [0.717, 1.165) is 6.07 Å². The van der Waals surface area contributed by atoms with Gasteiger partial charge in [-0.1, -0.05) is 16.8 Å². The summed E-state index contributed by atoms with van der Waals surface area (Å²) in [7, 11) is 0. The molecule has 0 atom stereocenters. The summed E-state index contributed by atoms with van der Waals surface area (Å²) in [6.07, 6.45) is 0.961. The Morgan fingerprint density at radius 3 is 2.61 bits per heavy atom. The van der Waals surface area contributed by atoms with Crippen LogP contribution in [0.15, 0.2) is 24.4 Å². The van der Waals surface area contributed by atoms with E-state index in [0.29, 0.717) is 25.1 Å². The highest BCUT2D eigenvalue weighted by Gasteiger charge is 2.59. The summed E-state index contributed by atoms with van der Waals surface area (Å²) in [5, 5.41) is 14.5. The van der Waals surface area contributed by atoms with E-state index in [1.165, 1.54) is 18.3 Å². The molecule has 0 bridgehead atoms. The van der Waals surface area contributed by atoms with Gasteiger partial charge in [-0.2, -0.15) is 0 Å². The van der Waals surface area contributed by atoms with Crippen LogP contribution in [0.1, 0.15) is 57.1 Å². The molecule has 1 fully saturated rings. The lowest BCUT2D eigenvalue weighted by Crippen LogP contribution is -2.61. The molecule has 1 aliphatic carbocycles. The number of hydrogen-bond donors (Lipinski definition) is 3. The number of nitrogens with one attached hydrogen (secondary N) is 3. The maximum absolute atomic E-state index is 13.8. The van der Waals surface area contributed by atoms with Gasteiger partial charge < -0.3 is 15.2 Å². The van der Waals surface area contributed by atoms with Crippen molar-refractivity contribution in [1.82, 2.24) is 25.3 Å². The first-order valence-corrected chi connectivity index (χ1v) is 11.5. The van der Waals surface area contributed by atoms with Gasteiger partial charge in [0.15, 0.2) is 0 Å². The van der Waals surface area contributed by atoms with Crippen molar-refractivity contribution in [2.24, 2.45) is 0 Å². The zero-order valence-corrected chi connectivity index (χ0v) is 19.7. The van der Waals surface area contributed by atoms with E-state index < -0.39 is 47.7 Å². The van der Waals surface area contributed by atoms with Crippen molar-refractivity contribution in [3.8, 4) is 0 Å². The van der Waals surface area contributed by atoms with Gasteiger partial charge >= 0.3 is 0 Å². The van der Waals surface area contributed by atoms with Crippen molar-refractivity contribution >= 4 is 34.9 Å². The molecule has 2 aromatic heterocycles. The Hall–Kier alpha value is -3.67. The Morgan fingerprint density at radius 1 is 1.22 bits per heavy atom. The van der Waals surface area contributed by atoms with Crippen molar-refractivity contribution in [3.05, 3.63) is 63.4 Å². The van der Waals surface area contributed by atoms with Gasteiger partial charge in [0.05, 0.1) is 33.7 Å². The first-order valence-electron chi connectivity index (χ1n) is 11.1. The molecular weight excluding hydrogens is 501 g/mol. The number of H-pyrrole nitrogens is 1. The molecule has 5 rings (SSSR count). The molecule has 0 saturated heterocycles. The second kappa shape index (κ2) is 8.47. The topological polar surface area (TPSA) is 122 Å². The van der Waals surface area contributed by atoms with E-state index in [4.69, 9.17) is 11.6 Å². The van der Waals surface area contributed by atoms with Crippen LogP contribution < -0.4 is 10.6 Å². The first-order chi connectivity index (χ1) is 17.0. The van der Waals surface area contributed by atoms with Crippen LogP contribution in [0, 0.1) is 12.7 Å². The van der Waals surface area contributed by atoms with E-state index in [1.54, 1.807) is 11.5 Å². The molecule has 2 amide bonds. The highest BCUT2D eigenvalue weighted by atomic mass is 35.5. The molecule has 0 spiro atoms. The lowest BCUT2D eigenvalue weighted by molar-refractivity contribution is -0.148. The molecule has 1 aromatic carbocycles. The molecule has 1 aliphatic heterocycles. The summed E-state index contributed by atoms with van der Waals surface area (Å²) in [5.41, 5.74) is 0.0396. The van der Waals surface area contributed by atoms with Crippen LogP contribution in [0.3, 0.4) is 0 Å². The van der Waals surface area contributed by atoms with Crippen molar-refractivity contribution in [2.45, 2.75) is 50.6 Å². The number of benzene rings is 1. The van der Waals surface area contributed by atoms with Crippen molar-refractivity contribution in [2.75, 3.05) is 5.32 Å². The van der Waals surface area contributed by atoms with Gasteiger partial charge in [0.25, 0.3) is 23.5 Å². The summed E-state index contributed by atoms with van der Waals surface area (Å²) in [4.78, 5) is 39.5. The lowest BCUT2D eigenvalue weighted by atomic mass is 9.71. The average molecular weight is 521 g/mol. The van der Waals surface area contributed by atoms with Crippen LogP contribution in [-0.4, -0.2) is 43.5 Å². The quantitative estimate of drug-likeness (QED) is 0.339. The second-order valence-corrected chi connectivity index (χ2v) is 9.49. The Labute approximate surface area is 207 Å². The third kappa shape index (κ3) is 3.94. The smallest absolute Gasteiger partial charge is 0.294 e. The molecule has 2 aliphatic rings. The summed E-state index contributed by atoms with van der Waals surface area (Å²) in [6.45, 7) is 1.96. The van der Waals surface area contributed by atoms with Crippen LogP contribution in [0.5, 0.6) is 0 Å². The minimum Gasteiger partial charge on any atom is -0.341 e. The Morgan fingerprint density at radius 2 is 1.97 bits per heavy atom. The molecular formula is C23H20ClF3N6O3. The van der Waals surface area contributed by atoms with Gasteiger partial charge in [0.1, 0.15) is 5.82 Å². The van der Waals surface area contributed by atoms with Gasteiger partial charge in [0.2, 0.25) is 0 Å². The lowest BCUT2D eigenvalue weighted by Gasteiger charge is -2.46. The zero-order chi connectivity index (χ0) is 25.8. The molecule has 3 N–H and O–H groups in total. The number of ketones is 1. The van der Waals surface area contributed by atoms with Gasteiger partial charge in [-0.25, -0.2) is 13.2 Å². The number of nitrogens with zero attached hydrogens (tertiary/aromatic N) is 3. The molecule has 36 heavy (non-hydrogen) atoms. The zero-order valence-electron chi connectivity index (χ0n) is 18.9. The Kier molecular flexibility index (Phi) is 5.66. The largest absolute Gasteiger partial charge is 0.341 e. The minimum absolute atomic E-state index is 0.0197. The summed E-state index contributed by atoms with van der Waals surface area (Å²) in [6, 6.07) is 3.73. The number of anilines is 1. The fraction of sp³-hybridized carbons (Fsp3) is 0.348. The van der Waals surface area contributed by atoms with Gasteiger partial charge in [-0.05, 0) is 43.5 Å². The number of hydrogen-bond acceptors (Lipinski definition) is 5. The van der Waals surface area contributed by atoms with Crippen LogP contribution in [0.2, 0.25) is 5.02 Å². The number of amides is 2. The molecule has 13 heteroatoms. The van der Waals surface area contributed by atoms with Gasteiger partial charge in [-0.3, -0.25) is 19.5 Å². The SMILES string of the molecule is Cc1c(C(=O)Nc2ccc(F)c(Cl)c2)c2n(c1C(=O)C(=O)NC1(c3cnn[nH]3)CC(F)(F)C1)CCC2. The fourth-order valence-corrected chi connectivity index (χ4v) is 5.25. The molecule has 188 valence electrons. The fourth-order valence-electron chi connectivity index (χ4n) is 5.07. The molecule has 3 aromatic rings. The Balaban J connectivity index is 1.43. The number of aromatic amines is 1. The number of halogens is 4. The maximum Gasteiger partial charge on any atom is 0.294 e. The van der Waals surface area contributed by atoms with E-state index in [2.05, 4.69) is 26.0 Å². The first kappa shape index (κ1) is 24.0. The van der Waals surface area contributed by atoms with Crippen LogP contribution >= 0.6 is 11.6 Å². The van der Waals surface area contributed by atoms with Gasteiger partial charge in [0, 0.05) is 30.8 Å². The Bertz CT molecular complexity index is 1390. The summed E-state index contributed by atoms with van der Waals surface area (Å²) >= 11 is 5.80. The highest BCUT2D eigenvalue weighted by Crippen LogP contribution is 2.51. The molecule has 1 saturated carbocycles. The predicted molar refractivity (Wildman–Crippen MR) is 122 cm³/mol. The number of Topliss-reactive ketones (excluding diaryl/α,β-unsaturated/α-hetero) is 1. The summed E-state index contributed by atoms with van der Waals surface area (Å²) in [5.74, 6) is -6.21. The van der Waals surface area contributed by atoms with Crippen LogP contribution in [-0.2, 0) is 23.3 Å². The number of rotatable bonds is 6. The molecule has 0 unspecified atom stereocenters. The van der Waals surface area contributed by atoms with Gasteiger partial charge in [-0.15, -0.1) is 5.10 Å². The highest BCUT2D eigenvalue weighted by molar-refractivity contribution is 6.43. The predicted octanol–water partition coefficient (Wildman–Crippen LogP) is 3.53. The van der Waals surface area contributed by atoms with E-state index in [9.17, 15) is 27.6 Å². The molecule has 0 radical (unpaired) electrons. The number of alkyl halides is 2. The standard InChI is InChI=1S/C23H20ClF3N6O3/c1-11-17(20(35)29-12-4-5-14(25)13(24)7-12)15-3-2-6-33(15)18(11)19(34)21(36)30-22(9-23(26,27)10-22)16-8-28-32-31-16/h4-5,7-8H,2-3,6,9-10H2,1H3,(H,29,35)(H,30,36)(H,28,31,32). The number of fused-ring (bicyclic) bond motifs is 1.